The van der Waals surface area contributed by atoms with Crippen molar-refractivity contribution in [2.24, 2.45) is 7.05 Å². The molecule has 2 heterocycles. The second-order valence-corrected chi connectivity index (χ2v) is 6.37. The molecule has 1 aromatic carbocycles. The number of furan rings is 1. The highest BCUT2D eigenvalue weighted by molar-refractivity contribution is 7.98. The number of nitrogens with zero attached hydrogens (tertiary/aromatic N) is 1. The van der Waals surface area contributed by atoms with Gasteiger partial charge in [0.15, 0.2) is 0 Å². The predicted octanol–water partition coefficient (Wildman–Crippen LogP) is 4.39. The summed E-state index contributed by atoms with van der Waals surface area (Å²) in [5, 5.41) is 1.12. The molecule has 0 bridgehead atoms. The third kappa shape index (κ3) is 2.48. The van der Waals surface area contributed by atoms with Crippen molar-refractivity contribution in [3.05, 3.63) is 52.1 Å². The molecule has 0 aliphatic heterocycles. The van der Waals surface area contributed by atoms with Gasteiger partial charge in [-0.15, -0.1) is 11.8 Å². The summed E-state index contributed by atoms with van der Waals surface area (Å²) in [6, 6.07) is 8.33. The van der Waals surface area contributed by atoms with Crippen molar-refractivity contribution in [2.75, 3.05) is 6.26 Å². The average molecular weight is 313 g/mol. The Bertz CT molecular complexity index is 879. The first-order valence-corrected chi connectivity index (χ1v) is 8.54. The van der Waals surface area contributed by atoms with Crippen molar-refractivity contribution in [1.29, 1.82) is 0 Å². The molecular weight excluding hydrogens is 294 g/mol. The van der Waals surface area contributed by atoms with Crippen molar-refractivity contribution >= 4 is 22.7 Å². The Balaban J connectivity index is 2.33. The van der Waals surface area contributed by atoms with Gasteiger partial charge in [-0.2, -0.15) is 0 Å². The zero-order chi connectivity index (χ0) is 15.9. The zero-order valence-electron chi connectivity index (χ0n) is 13.3. The van der Waals surface area contributed by atoms with Crippen LogP contribution in [0.5, 0.6) is 0 Å². The Hall–Kier alpha value is -1.94. The molecule has 0 saturated carbocycles. The molecule has 0 spiro atoms. The topological polar surface area (TPSA) is 35.1 Å². The summed E-state index contributed by atoms with van der Waals surface area (Å²) in [7, 11) is 1.79. The number of hydrogen-bond donors (Lipinski definition) is 0. The van der Waals surface area contributed by atoms with Gasteiger partial charge in [0, 0.05) is 46.6 Å². The lowest BCUT2D eigenvalue weighted by Gasteiger charge is -2.08. The molecular formula is C18H19NO2S. The highest BCUT2D eigenvalue weighted by Gasteiger charge is 2.13. The lowest BCUT2D eigenvalue weighted by atomic mass is 10.0. The largest absolute Gasteiger partial charge is 0.460 e. The molecule has 3 rings (SSSR count). The maximum Gasteiger partial charge on any atom is 0.253 e. The number of aryl methyl sites for hydroxylation is 3. The van der Waals surface area contributed by atoms with E-state index in [0.717, 1.165) is 39.8 Å². The predicted molar refractivity (Wildman–Crippen MR) is 92.8 cm³/mol. The molecule has 0 N–H and O–H groups in total. The van der Waals surface area contributed by atoms with Crippen LogP contribution in [0.2, 0.25) is 0 Å². The molecule has 0 radical (unpaired) electrons. The molecule has 22 heavy (non-hydrogen) atoms. The van der Waals surface area contributed by atoms with Crippen LogP contribution in [0.3, 0.4) is 0 Å². The molecule has 0 aliphatic carbocycles. The molecule has 0 atom stereocenters. The van der Waals surface area contributed by atoms with Crippen molar-refractivity contribution in [3.8, 4) is 11.1 Å². The van der Waals surface area contributed by atoms with Gasteiger partial charge in [0.2, 0.25) is 0 Å². The van der Waals surface area contributed by atoms with E-state index in [0.29, 0.717) is 0 Å². The number of pyridine rings is 1. The van der Waals surface area contributed by atoms with E-state index in [1.54, 1.807) is 23.4 Å². The van der Waals surface area contributed by atoms with Crippen LogP contribution in [0, 0.1) is 6.92 Å². The summed E-state index contributed by atoms with van der Waals surface area (Å²) < 4.78 is 7.65. The summed E-state index contributed by atoms with van der Waals surface area (Å²) >= 11 is 1.71. The quantitative estimate of drug-likeness (QED) is 0.673. The fourth-order valence-corrected chi connectivity index (χ4v) is 3.19. The number of hydrogen-bond acceptors (Lipinski definition) is 3. The van der Waals surface area contributed by atoms with Gasteiger partial charge in [0.05, 0.1) is 0 Å². The summed E-state index contributed by atoms with van der Waals surface area (Å²) in [5.74, 6) is 0.982. The average Bonchev–Trinajstić information content (AvgIpc) is 2.94. The van der Waals surface area contributed by atoms with Crippen LogP contribution in [0.4, 0.5) is 0 Å². The summed E-state index contributed by atoms with van der Waals surface area (Å²) in [4.78, 5) is 13.1. The van der Waals surface area contributed by atoms with Gasteiger partial charge in [-0.05, 0) is 37.4 Å². The summed E-state index contributed by atoms with van der Waals surface area (Å²) in [6.07, 6.45) is 4.81. The van der Waals surface area contributed by atoms with Crippen molar-refractivity contribution in [2.45, 2.75) is 25.2 Å². The fourth-order valence-electron chi connectivity index (χ4n) is 2.71. The van der Waals surface area contributed by atoms with E-state index < -0.39 is 0 Å². The molecule has 114 valence electrons. The monoisotopic (exact) mass is 313 g/mol. The van der Waals surface area contributed by atoms with E-state index in [2.05, 4.69) is 31.4 Å². The molecule has 0 aliphatic rings. The first-order valence-electron chi connectivity index (χ1n) is 7.31. The first kappa shape index (κ1) is 15.0. The van der Waals surface area contributed by atoms with Crippen LogP contribution in [0.25, 0.3) is 22.1 Å². The molecule has 0 unspecified atom stereocenters. The standard InChI is InChI=1S/C18H19NO2S/c1-5-14-7-12-8-15(22-4)9-16(17(12)21-14)13-6-11(2)18(20)19(3)10-13/h6-10H,5H2,1-4H3. The summed E-state index contributed by atoms with van der Waals surface area (Å²) in [5.41, 5.74) is 3.73. The van der Waals surface area contributed by atoms with Gasteiger partial charge >= 0.3 is 0 Å². The minimum Gasteiger partial charge on any atom is -0.460 e. The van der Waals surface area contributed by atoms with Crippen LogP contribution in [-0.2, 0) is 13.5 Å². The van der Waals surface area contributed by atoms with Gasteiger partial charge in [-0.3, -0.25) is 4.79 Å². The number of benzene rings is 1. The van der Waals surface area contributed by atoms with Crippen molar-refractivity contribution in [1.82, 2.24) is 4.57 Å². The number of rotatable bonds is 3. The SMILES string of the molecule is CCc1cc2cc(SC)cc(-c3cc(C)c(=O)n(C)c3)c2o1. The molecule has 4 heteroatoms. The number of fused-ring (bicyclic) bond motifs is 1. The van der Waals surface area contributed by atoms with Crippen LogP contribution < -0.4 is 5.56 Å². The highest BCUT2D eigenvalue weighted by Crippen LogP contribution is 2.35. The Morgan fingerprint density at radius 3 is 2.64 bits per heavy atom. The van der Waals surface area contributed by atoms with Crippen molar-refractivity contribution < 1.29 is 4.42 Å². The second-order valence-electron chi connectivity index (χ2n) is 5.49. The molecule has 3 aromatic rings. The lowest BCUT2D eigenvalue weighted by molar-refractivity contribution is 0.558. The fraction of sp³-hybridized carbons (Fsp3) is 0.278. The van der Waals surface area contributed by atoms with E-state index in [9.17, 15) is 4.79 Å². The lowest BCUT2D eigenvalue weighted by Crippen LogP contribution is -2.18. The van der Waals surface area contributed by atoms with Crippen LogP contribution >= 0.6 is 11.8 Å². The van der Waals surface area contributed by atoms with E-state index in [4.69, 9.17) is 4.42 Å². The van der Waals surface area contributed by atoms with Gasteiger partial charge in [-0.25, -0.2) is 0 Å². The van der Waals surface area contributed by atoms with E-state index in [1.807, 2.05) is 19.2 Å². The number of aromatic nitrogens is 1. The van der Waals surface area contributed by atoms with E-state index in [1.165, 1.54) is 4.90 Å². The Morgan fingerprint density at radius 1 is 1.23 bits per heavy atom. The zero-order valence-corrected chi connectivity index (χ0v) is 14.1. The normalized spacial score (nSPS) is 11.3. The second kappa shape index (κ2) is 5.69. The van der Waals surface area contributed by atoms with Gasteiger partial charge in [0.1, 0.15) is 11.3 Å². The van der Waals surface area contributed by atoms with Crippen LogP contribution in [0.1, 0.15) is 18.2 Å². The number of thioether (sulfide) groups is 1. The Kier molecular flexibility index (Phi) is 3.87. The molecule has 0 amide bonds. The van der Waals surface area contributed by atoms with E-state index in [-0.39, 0.29) is 5.56 Å². The third-order valence-corrected chi connectivity index (χ3v) is 4.61. The van der Waals surface area contributed by atoms with Gasteiger partial charge < -0.3 is 8.98 Å². The first-order chi connectivity index (χ1) is 10.5. The molecule has 3 nitrogen and oxygen atoms in total. The third-order valence-electron chi connectivity index (χ3n) is 3.90. The van der Waals surface area contributed by atoms with Gasteiger partial charge in [-0.1, -0.05) is 6.92 Å². The minimum atomic E-state index is 0.0368. The smallest absolute Gasteiger partial charge is 0.253 e. The van der Waals surface area contributed by atoms with Crippen LogP contribution in [-0.4, -0.2) is 10.8 Å². The highest BCUT2D eigenvalue weighted by atomic mass is 32.2. The van der Waals surface area contributed by atoms with Crippen molar-refractivity contribution in [3.63, 3.8) is 0 Å². The molecule has 0 saturated heterocycles. The van der Waals surface area contributed by atoms with Crippen LogP contribution in [0.15, 0.2) is 44.6 Å². The molecule has 0 fully saturated rings. The maximum atomic E-state index is 11.9. The molecule has 2 aromatic heterocycles. The maximum absolute atomic E-state index is 11.9. The van der Waals surface area contributed by atoms with E-state index >= 15 is 0 Å². The summed E-state index contributed by atoms with van der Waals surface area (Å²) in [6.45, 7) is 3.93. The van der Waals surface area contributed by atoms with Gasteiger partial charge in [0.25, 0.3) is 5.56 Å². The Morgan fingerprint density at radius 2 is 2.00 bits per heavy atom. The minimum absolute atomic E-state index is 0.0368. The Labute approximate surface area is 134 Å².